The Hall–Kier alpha value is -1.30. The van der Waals surface area contributed by atoms with Crippen LogP contribution in [0.25, 0.3) is 11.3 Å². The molecular weight excluding hydrogens is 307 g/mol. The van der Waals surface area contributed by atoms with Crippen molar-refractivity contribution >= 4 is 28.9 Å². The number of phenols is 1. The van der Waals surface area contributed by atoms with Gasteiger partial charge in [-0.25, -0.2) is 0 Å². The van der Waals surface area contributed by atoms with Crippen LogP contribution in [-0.2, 0) is 0 Å². The molecule has 0 amide bonds. The van der Waals surface area contributed by atoms with Gasteiger partial charge in [0.05, 0.1) is 0 Å². The molecule has 3 nitrogen and oxygen atoms in total. The van der Waals surface area contributed by atoms with Gasteiger partial charge in [-0.1, -0.05) is 0 Å². The van der Waals surface area contributed by atoms with Crippen LogP contribution in [0.2, 0.25) is 0 Å². The van der Waals surface area contributed by atoms with Gasteiger partial charge in [0.1, 0.15) is 11.5 Å². The first-order chi connectivity index (χ1) is 7.20. The molecule has 1 heterocycles. The molecule has 4 heteroatoms. The fourth-order valence-electron chi connectivity index (χ4n) is 1.26. The predicted molar refractivity (Wildman–Crippen MR) is 63.9 cm³/mol. The van der Waals surface area contributed by atoms with Crippen molar-refractivity contribution in [2.24, 2.45) is 0 Å². The van der Waals surface area contributed by atoms with Gasteiger partial charge in [-0.2, -0.15) is 0 Å². The number of carbonyl (C=O) groups is 1. The number of phenolic OH excluding ortho intramolecular Hbond substituents is 1. The van der Waals surface area contributed by atoms with Gasteiger partial charge in [0.2, 0.25) is 0 Å². The number of benzene rings is 1. The lowest BCUT2D eigenvalue weighted by atomic mass is 10.2. The molecule has 0 spiro atoms. The predicted octanol–water partition coefficient (Wildman–Crippen LogP) is 3.07. The third kappa shape index (κ3) is 2.04. The molecule has 2 aromatic rings. The topological polar surface area (TPSA) is 50.4 Å². The van der Waals surface area contributed by atoms with Gasteiger partial charge in [-0.3, -0.25) is 4.79 Å². The molecule has 0 aliphatic rings. The number of aldehydes is 1. The molecule has 0 bridgehead atoms. The second kappa shape index (κ2) is 4.06. The van der Waals surface area contributed by atoms with E-state index in [4.69, 9.17) is 4.42 Å². The molecule has 0 aliphatic carbocycles. The van der Waals surface area contributed by atoms with Crippen molar-refractivity contribution < 1.29 is 14.3 Å². The molecule has 1 aromatic carbocycles. The summed E-state index contributed by atoms with van der Waals surface area (Å²) in [4.78, 5) is 10.5. The van der Waals surface area contributed by atoms with E-state index in [1.807, 2.05) is 0 Å². The molecule has 0 unspecified atom stereocenters. The van der Waals surface area contributed by atoms with E-state index in [9.17, 15) is 9.90 Å². The van der Waals surface area contributed by atoms with Crippen LogP contribution in [0.15, 0.2) is 34.7 Å². The van der Waals surface area contributed by atoms with Crippen LogP contribution in [0.3, 0.4) is 0 Å². The Balaban J connectivity index is 2.49. The summed E-state index contributed by atoms with van der Waals surface area (Å²) in [6.07, 6.45) is 0.663. The molecule has 0 saturated heterocycles. The first-order valence-corrected chi connectivity index (χ1v) is 5.32. The minimum absolute atomic E-state index is 0.213. The van der Waals surface area contributed by atoms with E-state index >= 15 is 0 Å². The molecule has 2 rings (SSSR count). The van der Waals surface area contributed by atoms with Gasteiger partial charge in [0.15, 0.2) is 12.0 Å². The Morgan fingerprint density at radius 2 is 2.07 bits per heavy atom. The lowest BCUT2D eigenvalue weighted by molar-refractivity contribution is 0.110. The molecular formula is C11H7IO3. The van der Waals surface area contributed by atoms with Gasteiger partial charge in [0.25, 0.3) is 0 Å². The van der Waals surface area contributed by atoms with E-state index < -0.39 is 0 Å². The number of carbonyl (C=O) groups excluding carboxylic acids is 1. The van der Waals surface area contributed by atoms with Crippen LogP contribution in [0, 0.1) is 3.57 Å². The number of aromatic hydroxyl groups is 1. The highest BCUT2D eigenvalue weighted by molar-refractivity contribution is 14.1. The number of rotatable bonds is 2. The average Bonchev–Trinajstić information content (AvgIpc) is 2.66. The Bertz CT molecular complexity index is 502. The van der Waals surface area contributed by atoms with E-state index in [1.165, 1.54) is 0 Å². The summed E-state index contributed by atoms with van der Waals surface area (Å²) >= 11 is 2.10. The third-order valence-electron chi connectivity index (χ3n) is 1.96. The maximum atomic E-state index is 10.5. The summed E-state index contributed by atoms with van der Waals surface area (Å²) < 4.78 is 6.16. The van der Waals surface area contributed by atoms with E-state index in [-0.39, 0.29) is 5.75 Å². The van der Waals surface area contributed by atoms with Crippen molar-refractivity contribution in [1.82, 2.24) is 0 Å². The Morgan fingerprint density at radius 3 is 2.67 bits per heavy atom. The Labute approximate surface area is 99.9 Å². The van der Waals surface area contributed by atoms with Crippen molar-refractivity contribution in [1.29, 1.82) is 0 Å². The first kappa shape index (κ1) is 10.2. The summed E-state index contributed by atoms with van der Waals surface area (Å²) in [5.41, 5.74) is 0.863. The molecule has 1 aromatic heterocycles. The summed E-state index contributed by atoms with van der Waals surface area (Å²) in [6, 6.07) is 8.33. The third-order valence-corrected chi connectivity index (χ3v) is 2.85. The smallest absolute Gasteiger partial charge is 0.185 e. The number of hydrogen-bond donors (Lipinski definition) is 1. The van der Waals surface area contributed by atoms with Crippen LogP contribution >= 0.6 is 22.6 Å². The van der Waals surface area contributed by atoms with Crippen molar-refractivity contribution in [3.05, 3.63) is 39.7 Å². The zero-order valence-corrected chi connectivity index (χ0v) is 9.76. The van der Waals surface area contributed by atoms with Gasteiger partial charge in [0, 0.05) is 9.13 Å². The summed E-state index contributed by atoms with van der Waals surface area (Å²) in [6.45, 7) is 0. The van der Waals surface area contributed by atoms with Gasteiger partial charge < -0.3 is 9.52 Å². The Morgan fingerprint density at radius 1 is 1.27 bits per heavy atom. The van der Waals surface area contributed by atoms with E-state index in [0.717, 1.165) is 9.13 Å². The molecule has 0 saturated carbocycles. The van der Waals surface area contributed by atoms with Crippen molar-refractivity contribution in [2.75, 3.05) is 0 Å². The highest BCUT2D eigenvalue weighted by Crippen LogP contribution is 2.29. The number of halogens is 1. The average molecular weight is 314 g/mol. The van der Waals surface area contributed by atoms with E-state index in [0.29, 0.717) is 17.8 Å². The van der Waals surface area contributed by atoms with Gasteiger partial charge >= 0.3 is 0 Å². The van der Waals surface area contributed by atoms with Crippen LogP contribution in [0.4, 0.5) is 0 Å². The molecule has 0 radical (unpaired) electrons. The molecule has 0 fully saturated rings. The van der Waals surface area contributed by atoms with Crippen LogP contribution < -0.4 is 0 Å². The molecule has 0 atom stereocenters. The summed E-state index contributed by atoms with van der Waals surface area (Å²) in [7, 11) is 0. The summed E-state index contributed by atoms with van der Waals surface area (Å²) in [5, 5.41) is 9.24. The minimum atomic E-state index is 0.213. The fourth-order valence-corrected chi connectivity index (χ4v) is 2.03. The monoisotopic (exact) mass is 314 g/mol. The van der Waals surface area contributed by atoms with Crippen molar-refractivity contribution in [3.8, 4) is 17.1 Å². The first-order valence-electron chi connectivity index (χ1n) is 4.24. The highest BCUT2D eigenvalue weighted by atomic mass is 127. The summed E-state index contributed by atoms with van der Waals surface area (Å²) in [5.74, 6) is 1.14. The zero-order chi connectivity index (χ0) is 10.8. The van der Waals surface area contributed by atoms with Crippen LogP contribution in [-0.4, -0.2) is 11.4 Å². The highest BCUT2D eigenvalue weighted by Gasteiger charge is 2.08. The van der Waals surface area contributed by atoms with Gasteiger partial charge in [-0.15, -0.1) is 0 Å². The molecule has 1 N–H and O–H groups in total. The lowest BCUT2D eigenvalue weighted by Gasteiger charge is -2.01. The SMILES string of the molecule is O=Cc1ccc(-c2ccc(O)cc2I)o1. The molecule has 0 aliphatic heterocycles. The number of furan rings is 1. The van der Waals surface area contributed by atoms with Crippen LogP contribution in [0.1, 0.15) is 10.6 Å². The van der Waals surface area contributed by atoms with Crippen LogP contribution in [0.5, 0.6) is 5.75 Å². The second-order valence-corrected chi connectivity index (χ2v) is 4.15. The van der Waals surface area contributed by atoms with E-state index in [2.05, 4.69) is 22.6 Å². The zero-order valence-electron chi connectivity index (χ0n) is 7.61. The van der Waals surface area contributed by atoms with Crippen molar-refractivity contribution in [2.45, 2.75) is 0 Å². The van der Waals surface area contributed by atoms with E-state index in [1.54, 1.807) is 30.3 Å². The van der Waals surface area contributed by atoms with Gasteiger partial charge in [-0.05, 0) is 52.9 Å². The lowest BCUT2D eigenvalue weighted by Crippen LogP contribution is -1.79. The second-order valence-electron chi connectivity index (χ2n) is 2.98. The normalized spacial score (nSPS) is 10.2. The molecule has 76 valence electrons. The van der Waals surface area contributed by atoms with Crippen molar-refractivity contribution in [3.63, 3.8) is 0 Å². The Kier molecular flexibility index (Phi) is 2.77. The molecule has 15 heavy (non-hydrogen) atoms. The fraction of sp³-hybridized carbons (Fsp3) is 0. The number of hydrogen-bond acceptors (Lipinski definition) is 3. The quantitative estimate of drug-likeness (QED) is 0.684. The standard InChI is InChI=1S/C11H7IO3/c12-10-5-7(14)1-3-9(10)11-4-2-8(6-13)15-11/h1-6,14H. The maximum absolute atomic E-state index is 10.5. The maximum Gasteiger partial charge on any atom is 0.185 e. The largest absolute Gasteiger partial charge is 0.508 e. The minimum Gasteiger partial charge on any atom is -0.508 e.